The minimum absolute atomic E-state index is 0.121. The zero-order valence-electron chi connectivity index (χ0n) is 11.8. The van der Waals surface area contributed by atoms with Crippen LogP contribution in [0.2, 0.25) is 5.02 Å². The zero-order valence-corrected chi connectivity index (χ0v) is 12.6. The first-order chi connectivity index (χ1) is 10.2. The lowest BCUT2D eigenvalue weighted by molar-refractivity contribution is 0.285. The molecule has 21 heavy (non-hydrogen) atoms. The molecule has 0 aromatic carbocycles. The van der Waals surface area contributed by atoms with Crippen molar-refractivity contribution in [3.8, 4) is 17.8 Å². The van der Waals surface area contributed by atoms with Crippen molar-refractivity contribution >= 4 is 17.5 Å². The van der Waals surface area contributed by atoms with Crippen LogP contribution in [0.5, 0.6) is 17.8 Å². The number of hydrogen-bond acceptors (Lipinski definition) is 7. The molecule has 0 unspecified atom stereocenters. The van der Waals surface area contributed by atoms with Gasteiger partial charge in [0.25, 0.3) is 0 Å². The summed E-state index contributed by atoms with van der Waals surface area (Å²) in [6.07, 6.45) is 3.90. The van der Waals surface area contributed by atoms with E-state index in [2.05, 4.69) is 25.3 Å². The largest absolute Gasteiger partial charge is 0.463 e. The molecule has 0 radical (unpaired) electrons. The first-order valence-corrected chi connectivity index (χ1v) is 7.00. The van der Waals surface area contributed by atoms with Gasteiger partial charge in [0, 0.05) is 18.8 Å². The second-order valence-corrected chi connectivity index (χ2v) is 4.48. The number of nitrogens with one attached hydrogen (secondary N) is 1. The number of hydrogen-bond donors (Lipinski definition) is 1. The van der Waals surface area contributed by atoms with Crippen LogP contribution >= 0.6 is 11.6 Å². The fourth-order valence-electron chi connectivity index (χ4n) is 1.43. The molecule has 2 heterocycles. The minimum atomic E-state index is 0.121. The van der Waals surface area contributed by atoms with E-state index >= 15 is 0 Å². The van der Waals surface area contributed by atoms with Gasteiger partial charge in [-0.2, -0.15) is 9.97 Å². The van der Waals surface area contributed by atoms with Gasteiger partial charge in [0.1, 0.15) is 0 Å². The van der Waals surface area contributed by atoms with E-state index < -0.39 is 0 Å². The van der Waals surface area contributed by atoms with Crippen molar-refractivity contribution in [3.05, 3.63) is 23.5 Å². The maximum atomic E-state index is 5.86. The van der Waals surface area contributed by atoms with Crippen molar-refractivity contribution in [3.63, 3.8) is 0 Å². The molecule has 8 heteroatoms. The monoisotopic (exact) mass is 309 g/mol. The second kappa shape index (κ2) is 7.58. The van der Waals surface area contributed by atoms with Crippen LogP contribution in [0.25, 0.3) is 0 Å². The van der Waals surface area contributed by atoms with Crippen LogP contribution in [-0.2, 0) is 0 Å². The van der Waals surface area contributed by atoms with E-state index in [1.165, 1.54) is 12.4 Å². The lowest BCUT2D eigenvalue weighted by Crippen LogP contribution is -2.08. The van der Waals surface area contributed by atoms with Gasteiger partial charge in [-0.15, -0.1) is 4.98 Å². The van der Waals surface area contributed by atoms with Crippen LogP contribution < -0.4 is 14.8 Å². The third-order valence-electron chi connectivity index (χ3n) is 2.25. The molecule has 0 fully saturated rings. The molecule has 0 aliphatic rings. The highest BCUT2D eigenvalue weighted by molar-refractivity contribution is 6.30. The molecule has 7 nitrogen and oxygen atoms in total. The molecule has 0 saturated heterocycles. The number of rotatable bonds is 7. The Labute approximate surface area is 127 Å². The average Bonchev–Trinajstić information content (AvgIpc) is 2.45. The van der Waals surface area contributed by atoms with Gasteiger partial charge in [-0.05, 0) is 13.3 Å². The molecule has 112 valence electrons. The molecule has 1 N–H and O–H groups in total. The highest BCUT2D eigenvalue weighted by Crippen LogP contribution is 2.22. The lowest BCUT2D eigenvalue weighted by Gasteiger charge is -2.08. The average molecular weight is 310 g/mol. The van der Waals surface area contributed by atoms with Gasteiger partial charge < -0.3 is 14.8 Å². The van der Waals surface area contributed by atoms with E-state index in [9.17, 15) is 0 Å². The number of ether oxygens (including phenoxy) is 2. The summed E-state index contributed by atoms with van der Waals surface area (Å²) in [5, 5.41) is 3.47. The summed E-state index contributed by atoms with van der Waals surface area (Å²) in [5.74, 6) is 0.834. The Morgan fingerprint density at radius 2 is 1.95 bits per heavy atom. The van der Waals surface area contributed by atoms with Gasteiger partial charge in [0.15, 0.2) is 5.75 Å². The Morgan fingerprint density at radius 1 is 1.14 bits per heavy atom. The predicted molar refractivity (Wildman–Crippen MR) is 79.1 cm³/mol. The van der Waals surface area contributed by atoms with Gasteiger partial charge in [0.05, 0.1) is 17.8 Å². The van der Waals surface area contributed by atoms with Gasteiger partial charge >= 0.3 is 12.0 Å². The molecule has 2 aromatic rings. The van der Waals surface area contributed by atoms with Crippen LogP contribution in [0.1, 0.15) is 20.3 Å². The Hall–Kier alpha value is -2.15. The van der Waals surface area contributed by atoms with E-state index in [0.29, 0.717) is 29.9 Å². The van der Waals surface area contributed by atoms with Crippen molar-refractivity contribution in [1.29, 1.82) is 0 Å². The SMILES string of the molecule is CCCOc1nc(NCC)nc(Oc2cncc(Cl)c2)n1. The normalized spacial score (nSPS) is 10.2. The molecule has 0 aliphatic heterocycles. The van der Waals surface area contributed by atoms with Crippen LogP contribution in [0, 0.1) is 0 Å². The highest BCUT2D eigenvalue weighted by Gasteiger charge is 2.09. The first-order valence-electron chi connectivity index (χ1n) is 6.62. The maximum Gasteiger partial charge on any atom is 0.330 e. The Morgan fingerprint density at radius 3 is 2.67 bits per heavy atom. The van der Waals surface area contributed by atoms with Crippen molar-refractivity contribution in [1.82, 2.24) is 19.9 Å². The fourth-order valence-corrected chi connectivity index (χ4v) is 1.60. The minimum Gasteiger partial charge on any atom is -0.463 e. The molecule has 0 bridgehead atoms. The second-order valence-electron chi connectivity index (χ2n) is 4.04. The molecular weight excluding hydrogens is 294 g/mol. The van der Waals surface area contributed by atoms with Crippen LogP contribution in [0.4, 0.5) is 5.95 Å². The predicted octanol–water partition coefficient (Wildman–Crippen LogP) is 2.93. The lowest BCUT2D eigenvalue weighted by atomic mass is 10.5. The Kier molecular flexibility index (Phi) is 5.51. The number of nitrogens with zero attached hydrogens (tertiary/aromatic N) is 4. The van der Waals surface area contributed by atoms with E-state index in [4.69, 9.17) is 21.1 Å². The third-order valence-corrected chi connectivity index (χ3v) is 2.46. The Balaban J connectivity index is 2.22. The molecule has 2 aromatic heterocycles. The van der Waals surface area contributed by atoms with Gasteiger partial charge in [-0.25, -0.2) is 0 Å². The first kappa shape index (κ1) is 15.2. The topological polar surface area (TPSA) is 82.0 Å². The summed E-state index contributed by atoms with van der Waals surface area (Å²) in [7, 11) is 0. The molecular formula is C13H16ClN5O2. The molecule has 2 rings (SSSR count). The number of halogens is 1. The highest BCUT2D eigenvalue weighted by atomic mass is 35.5. The summed E-state index contributed by atoms with van der Waals surface area (Å²) in [6, 6.07) is 1.96. The molecule has 0 atom stereocenters. The van der Waals surface area contributed by atoms with Gasteiger partial charge in [-0.3, -0.25) is 4.98 Å². The zero-order chi connectivity index (χ0) is 15.1. The quantitative estimate of drug-likeness (QED) is 0.842. The van der Waals surface area contributed by atoms with Crippen molar-refractivity contribution in [2.24, 2.45) is 0 Å². The van der Waals surface area contributed by atoms with Crippen molar-refractivity contribution in [2.75, 3.05) is 18.5 Å². The summed E-state index contributed by atoms with van der Waals surface area (Å²) in [6.45, 7) is 5.14. The van der Waals surface area contributed by atoms with Crippen LogP contribution in [0.15, 0.2) is 18.5 Å². The number of aromatic nitrogens is 4. The standard InChI is InChI=1S/C13H16ClN5O2/c1-3-5-20-12-17-11(16-4-2)18-13(19-12)21-10-6-9(14)7-15-8-10/h6-8H,3-5H2,1-2H3,(H,16,17,18,19). The summed E-state index contributed by atoms with van der Waals surface area (Å²) in [5.41, 5.74) is 0. The third kappa shape index (κ3) is 4.71. The van der Waals surface area contributed by atoms with E-state index in [0.717, 1.165) is 6.42 Å². The maximum absolute atomic E-state index is 5.86. The van der Waals surface area contributed by atoms with E-state index in [1.807, 2.05) is 13.8 Å². The number of pyridine rings is 1. The van der Waals surface area contributed by atoms with Crippen LogP contribution in [0.3, 0.4) is 0 Å². The van der Waals surface area contributed by atoms with Crippen LogP contribution in [-0.4, -0.2) is 33.1 Å². The van der Waals surface area contributed by atoms with Gasteiger partial charge in [-0.1, -0.05) is 18.5 Å². The molecule has 0 saturated carbocycles. The molecule has 0 spiro atoms. The summed E-state index contributed by atoms with van der Waals surface area (Å²) >= 11 is 5.86. The summed E-state index contributed by atoms with van der Waals surface area (Å²) < 4.78 is 11.0. The smallest absolute Gasteiger partial charge is 0.330 e. The van der Waals surface area contributed by atoms with Crippen molar-refractivity contribution < 1.29 is 9.47 Å². The van der Waals surface area contributed by atoms with E-state index in [1.54, 1.807) is 6.07 Å². The Bertz CT molecular complexity index is 597. The van der Waals surface area contributed by atoms with Crippen molar-refractivity contribution in [2.45, 2.75) is 20.3 Å². The molecule has 0 aliphatic carbocycles. The van der Waals surface area contributed by atoms with Gasteiger partial charge in [0.2, 0.25) is 5.95 Å². The van der Waals surface area contributed by atoms with E-state index in [-0.39, 0.29) is 12.0 Å². The fraction of sp³-hybridized carbons (Fsp3) is 0.385. The summed E-state index contributed by atoms with van der Waals surface area (Å²) in [4.78, 5) is 16.3. The number of anilines is 1. The molecule has 0 amide bonds.